The third-order valence-corrected chi connectivity index (χ3v) is 5.33. The van der Waals surface area contributed by atoms with Gasteiger partial charge in [-0.25, -0.2) is 8.42 Å². The van der Waals surface area contributed by atoms with E-state index in [1.807, 2.05) is 26.0 Å². The highest BCUT2D eigenvalue weighted by atomic mass is 32.2. The number of rotatable bonds is 5. The summed E-state index contributed by atoms with van der Waals surface area (Å²) >= 11 is 0. The largest absolute Gasteiger partial charge is 0.495 e. The van der Waals surface area contributed by atoms with Crippen LogP contribution in [0.15, 0.2) is 34.9 Å². The van der Waals surface area contributed by atoms with E-state index in [-0.39, 0.29) is 0 Å². The predicted octanol–water partition coefficient (Wildman–Crippen LogP) is 3.04. The van der Waals surface area contributed by atoms with E-state index in [0.29, 0.717) is 17.4 Å². The molecule has 0 saturated heterocycles. The predicted molar refractivity (Wildman–Crippen MR) is 85.2 cm³/mol. The van der Waals surface area contributed by atoms with Crippen LogP contribution in [0.4, 0.5) is 0 Å². The van der Waals surface area contributed by atoms with E-state index in [4.69, 9.17) is 9.47 Å². The van der Waals surface area contributed by atoms with E-state index in [2.05, 4.69) is 0 Å². The number of hydrogen-bond donors (Lipinski definition) is 0. The molecule has 5 heteroatoms. The molecule has 4 nitrogen and oxygen atoms in total. The Morgan fingerprint density at radius 2 is 1.86 bits per heavy atom. The van der Waals surface area contributed by atoms with Gasteiger partial charge in [-0.2, -0.15) is 0 Å². The van der Waals surface area contributed by atoms with Crippen LogP contribution in [0, 0.1) is 5.92 Å². The van der Waals surface area contributed by atoms with Crippen molar-refractivity contribution in [2.24, 2.45) is 5.92 Å². The molecule has 1 saturated carbocycles. The summed E-state index contributed by atoms with van der Waals surface area (Å²) < 4.78 is 35.0. The molecular weight excluding hydrogens is 300 g/mol. The molecule has 3 rings (SSSR count). The summed E-state index contributed by atoms with van der Waals surface area (Å²) in [5.41, 5.74) is 1.56. The van der Waals surface area contributed by atoms with Crippen molar-refractivity contribution in [2.75, 3.05) is 19.5 Å². The monoisotopic (exact) mass is 322 g/mol. The van der Waals surface area contributed by atoms with Gasteiger partial charge in [-0.15, -0.1) is 0 Å². The molecule has 22 heavy (non-hydrogen) atoms. The van der Waals surface area contributed by atoms with Crippen LogP contribution in [-0.4, -0.2) is 33.5 Å². The molecule has 0 amide bonds. The third kappa shape index (κ3) is 3.20. The summed E-state index contributed by atoms with van der Waals surface area (Å²) in [7, 11) is -3.18. The maximum Gasteiger partial charge on any atom is 0.175 e. The lowest BCUT2D eigenvalue weighted by Gasteiger charge is -2.22. The minimum Gasteiger partial charge on any atom is -0.495 e. The molecule has 0 radical (unpaired) electrons. The lowest BCUT2D eigenvalue weighted by Crippen LogP contribution is -2.21. The molecule has 0 aromatic heterocycles. The van der Waals surface area contributed by atoms with Crippen LogP contribution in [-0.2, 0) is 19.3 Å². The number of hydrogen-bond acceptors (Lipinski definition) is 4. The van der Waals surface area contributed by atoms with Gasteiger partial charge in [0, 0.05) is 11.8 Å². The first-order chi connectivity index (χ1) is 10.3. The topological polar surface area (TPSA) is 52.6 Å². The zero-order chi connectivity index (χ0) is 16.0. The fourth-order valence-corrected chi connectivity index (χ4v) is 3.35. The lowest BCUT2D eigenvalue weighted by molar-refractivity contribution is 0.0447. The van der Waals surface area contributed by atoms with E-state index in [1.165, 1.54) is 19.1 Å². The molecule has 0 atom stereocenters. The van der Waals surface area contributed by atoms with Crippen molar-refractivity contribution in [2.45, 2.75) is 37.2 Å². The van der Waals surface area contributed by atoms with Crippen LogP contribution in [0.5, 0.6) is 0 Å². The molecule has 0 N–H and O–H groups in total. The van der Waals surface area contributed by atoms with Gasteiger partial charge >= 0.3 is 0 Å². The maximum atomic E-state index is 11.6. The number of ether oxygens (including phenoxy) is 2. The minimum absolute atomic E-state index is 0.328. The molecule has 1 aliphatic heterocycles. The Balaban J connectivity index is 1.92. The van der Waals surface area contributed by atoms with Gasteiger partial charge in [-0.1, -0.05) is 12.1 Å². The van der Waals surface area contributed by atoms with E-state index in [1.54, 1.807) is 12.1 Å². The summed E-state index contributed by atoms with van der Waals surface area (Å²) in [4.78, 5) is 0.328. The van der Waals surface area contributed by atoms with Gasteiger partial charge in [0.25, 0.3) is 0 Å². The standard InChI is InChI=1S/C17H22O4S/c1-17(2)16(15(11-21-17)20-10-12-4-5-12)13-6-8-14(9-7-13)22(3,18)19/h6-9,12H,4-5,10-11H2,1-3H3. The Morgan fingerprint density at radius 3 is 2.41 bits per heavy atom. The van der Waals surface area contributed by atoms with Gasteiger partial charge in [0.05, 0.1) is 17.1 Å². The fraction of sp³-hybridized carbons (Fsp3) is 0.529. The lowest BCUT2D eigenvalue weighted by atomic mass is 9.92. The average molecular weight is 322 g/mol. The molecule has 1 aliphatic carbocycles. The van der Waals surface area contributed by atoms with E-state index >= 15 is 0 Å². The highest BCUT2D eigenvalue weighted by Crippen LogP contribution is 2.40. The molecular formula is C17H22O4S. The first-order valence-corrected chi connectivity index (χ1v) is 9.47. The minimum atomic E-state index is -3.18. The summed E-state index contributed by atoms with van der Waals surface area (Å²) in [5, 5.41) is 0. The highest BCUT2D eigenvalue weighted by Gasteiger charge is 2.36. The van der Waals surface area contributed by atoms with Gasteiger partial charge < -0.3 is 9.47 Å². The molecule has 2 aliphatic rings. The number of sulfone groups is 1. The van der Waals surface area contributed by atoms with Crippen LogP contribution in [0.2, 0.25) is 0 Å². The second-order valence-corrected chi connectivity index (χ2v) is 8.66. The van der Waals surface area contributed by atoms with Crippen molar-refractivity contribution in [3.8, 4) is 0 Å². The second kappa shape index (κ2) is 5.39. The number of benzene rings is 1. The maximum absolute atomic E-state index is 11.6. The van der Waals surface area contributed by atoms with Crippen molar-refractivity contribution >= 4 is 15.4 Å². The summed E-state index contributed by atoms with van der Waals surface area (Å²) in [5.74, 6) is 1.56. The molecule has 1 aromatic rings. The molecule has 1 aromatic carbocycles. The Labute approximate surface area is 132 Å². The van der Waals surface area contributed by atoms with Gasteiger partial charge in [0.15, 0.2) is 9.84 Å². The molecule has 1 fully saturated rings. The highest BCUT2D eigenvalue weighted by molar-refractivity contribution is 7.90. The Morgan fingerprint density at radius 1 is 1.23 bits per heavy atom. The van der Waals surface area contributed by atoms with Gasteiger partial charge in [0.2, 0.25) is 0 Å². The quantitative estimate of drug-likeness (QED) is 0.836. The van der Waals surface area contributed by atoms with E-state index in [0.717, 1.165) is 23.5 Å². The summed E-state index contributed by atoms with van der Waals surface area (Å²) in [6, 6.07) is 6.96. The summed E-state index contributed by atoms with van der Waals surface area (Å²) in [6.45, 7) is 5.25. The van der Waals surface area contributed by atoms with Crippen LogP contribution >= 0.6 is 0 Å². The summed E-state index contributed by atoms with van der Waals surface area (Å²) in [6.07, 6.45) is 3.71. The Hall–Kier alpha value is -1.33. The molecule has 120 valence electrons. The Bertz CT molecular complexity index is 695. The molecule has 1 heterocycles. The first kappa shape index (κ1) is 15.6. The van der Waals surface area contributed by atoms with Crippen LogP contribution < -0.4 is 0 Å². The average Bonchev–Trinajstić information content (AvgIpc) is 3.20. The normalized spacial score (nSPS) is 21.2. The van der Waals surface area contributed by atoms with Crippen LogP contribution in [0.1, 0.15) is 32.3 Å². The third-order valence-electron chi connectivity index (χ3n) is 4.21. The zero-order valence-electron chi connectivity index (χ0n) is 13.3. The van der Waals surface area contributed by atoms with E-state index < -0.39 is 15.4 Å². The second-order valence-electron chi connectivity index (χ2n) is 6.65. The smallest absolute Gasteiger partial charge is 0.175 e. The molecule has 0 unspecified atom stereocenters. The van der Waals surface area contributed by atoms with Gasteiger partial charge in [0.1, 0.15) is 12.4 Å². The van der Waals surface area contributed by atoms with Gasteiger partial charge in [-0.05, 0) is 50.3 Å². The zero-order valence-corrected chi connectivity index (χ0v) is 14.1. The van der Waals surface area contributed by atoms with Crippen molar-refractivity contribution in [3.63, 3.8) is 0 Å². The van der Waals surface area contributed by atoms with E-state index in [9.17, 15) is 8.42 Å². The SMILES string of the molecule is CC1(C)OCC(OCC2CC2)=C1c1ccc(S(C)(=O)=O)cc1. The first-order valence-electron chi connectivity index (χ1n) is 7.58. The van der Waals surface area contributed by atoms with Crippen molar-refractivity contribution in [1.82, 2.24) is 0 Å². The fourth-order valence-electron chi connectivity index (χ4n) is 2.72. The molecule has 0 spiro atoms. The molecule has 0 bridgehead atoms. The van der Waals surface area contributed by atoms with Crippen molar-refractivity contribution < 1.29 is 17.9 Å². The van der Waals surface area contributed by atoms with Crippen LogP contribution in [0.25, 0.3) is 5.57 Å². The van der Waals surface area contributed by atoms with Crippen molar-refractivity contribution in [1.29, 1.82) is 0 Å². The Kier molecular flexibility index (Phi) is 3.81. The van der Waals surface area contributed by atoms with Crippen LogP contribution in [0.3, 0.4) is 0 Å². The van der Waals surface area contributed by atoms with Gasteiger partial charge in [-0.3, -0.25) is 0 Å². The van der Waals surface area contributed by atoms with Crippen molar-refractivity contribution in [3.05, 3.63) is 35.6 Å².